The Kier molecular flexibility index (Phi) is 13.3. The second kappa shape index (κ2) is 14.8. The molecule has 0 aliphatic heterocycles. The summed E-state index contributed by atoms with van der Waals surface area (Å²) in [7, 11) is -2.51. The van der Waals surface area contributed by atoms with Gasteiger partial charge in [0.25, 0.3) is 0 Å². The van der Waals surface area contributed by atoms with E-state index in [1.807, 2.05) is 0 Å². The van der Waals surface area contributed by atoms with E-state index < -0.39 is 22.6 Å². The molecule has 2 saturated carbocycles. The maximum absolute atomic E-state index is 13.4. The van der Waals surface area contributed by atoms with E-state index in [1.54, 1.807) is 6.07 Å². The second-order valence-electron chi connectivity index (χ2n) is 8.67. The van der Waals surface area contributed by atoms with E-state index in [0.717, 1.165) is 23.8 Å². The summed E-state index contributed by atoms with van der Waals surface area (Å²) in [5.74, 6) is 1.20. The van der Waals surface area contributed by atoms with Gasteiger partial charge in [-0.25, -0.2) is 4.39 Å². The number of rotatable bonds is 7. The molecule has 1 amide bonds. The van der Waals surface area contributed by atoms with Crippen molar-refractivity contribution in [2.45, 2.75) is 77.0 Å². The third-order valence-electron chi connectivity index (χ3n) is 6.19. The molecule has 2 aliphatic carbocycles. The van der Waals surface area contributed by atoms with Crippen LogP contribution in [0.15, 0.2) is 12.1 Å². The zero-order valence-corrected chi connectivity index (χ0v) is 19.4. The van der Waals surface area contributed by atoms with E-state index in [0.29, 0.717) is 5.92 Å². The number of nitrogens with one attached hydrogen (secondary N) is 1. The molecule has 1 aromatic carbocycles. The molecule has 0 aromatic heterocycles. The van der Waals surface area contributed by atoms with Gasteiger partial charge in [0, 0.05) is 22.5 Å². The third kappa shape index (κ3) is 11.9. The van der Waals surface area contributed by atoms with Crippen molar-refractivity contribution in [3.8, 4) is 5.75 Å². The molecule has 2 aliphatic rings. The summed E-state index contributed by atoms with van der Waals surface area (Å²) < 4.78 is 33.7. The molecule has 8 heteroatoms. The molecule has 1 aromatic rings. The first-order chi connectivity index (χ1) is 14.3. The van der Waals surface area contributed by atoms with Gasteiger partial charge in [0.15, 0.2) is 0 Å². The van der Waals surface area contributed by atoms with Crippen molar-refractivity contribution >= 4 is 16.8 Å². The van der Waals surface area contributed by atoms with E-state index in [4.69, 9.17) is 0 Å². The molecule has 0 spiro atoms. The zero-order valence-electron chi connectivity index (χ0n) is 18.5. The van der Waals surface area contributed by atoms with Crippen molar-refractivity contribution in [2.24, 2.45) is 17.8 Å². The normalized spacial score (nSPS) is 21.1. The van der Waals surface area contributed by atoms with Crippen LogP contribution in [0.5, 0.6) is 5.75 Å². The molecule has 2 unspecified atom stereocenters. The van der Waals surface area contributed by atoms with Crippen molar-refractivity contribution in [3.63, 3.8) is 0 Å². The van der Waals surface area contributed by atoms with Crippen LogP contribution in [0.2, 0.25) is 0 Å². The predicted molar refractivity (Wildman–Crippen MR) is 114 cm³/mol. The van der Waals surface area contributed by atoms with Crippen molar-refractivity contribution in [1.82, 2.24) is 4.72 Å². The molecular formula is C23H33FLiNO4S-2. The van der Waals surface area contributed by atoms with Crippen LogP contribution in [0.4, 0.5) is 4.39 Å². The maximum Gasteiger partial charge on any atom is 1.00 e. The Bertz CT molecular complexity index is 725. The number of halogens is 1. The molecule has 0 heterocycles. The molecule has 5 nitrogen and oxygen atoms in total. The van der Waals surface area contributed by atoms with Gasteiger partial charge in [-0.1, -0.05) is 64.2 Å². The largest absolute Gasteiger partial charge is 1.00 e. The Hall–Kier alpha value is -1.16. The SMILES string of the molecule is Oc1[c-]c(F)cc(CC2CCCC(CCCC3CCCC3)C2)c1.[CH2-]C(=O)N[S-](=O)=O.[Li+]. The number of hydrogen-bond donors (Lipinski definition) is 2. The average Bonchev–Trinajstić information content (AvgIpc) is 3.14. The minimum absolute atomic E-state index is 0. The Labute approximate surface area is 199 Å². The van der Waals surface area contributed by atoms with E-state index in [9.17, 15) is 22.7 Å². The van der Waals surface area contributed by atoms with Crippen LogP contribution >= 0.6 is 0 Å². The molecule has 170 valence electrons. The zero-order chi connectivity index (χ0) is 21.9. The third-order valence-corrected chi connectivity index (χ3v) is 6.59. The average molecular weight is 446 g/mol. The standard InChI is InChI=1S/C21H30FO.C2H3NO3S.Li/c22-20-13-19(14-21(23)15-20)12-18-10-4-9-17(11-18)8-3-7-16-5-1-2-6-16;1-2(4)3-7(5)6;/h13-14,16-18,23H,1-12H2;1H2,(H,3,4,5,6);/q-1;-2;+1. The van der Waals surface area contributed by atoms with Crippen molar-refractivity contribution in [3.05, 3.63) is 36.5 Å². The Morgan fingerprint density at radius 1 is 1.10 bits per heavy atom. The predicted octanol–water partition coefficient (Wildman–Crippen LogP) is 2.21. The van der Waals surface area contributed by atoms with Crippen LogP contribution in [-0.2, 0) is 30.5 Å². The quantitative estimate of drug-likeness (QED) is 0.383. The van der Waals surface area contributed by atoms with Crippen LogP contribution < -0.4 is 23.6 Å². The van der Waals surface area contributed by atoms with Crippen molar-refractivity contribution < 1.29 is 41.6 Å². The summed E-state index contributed by atoms with van der Waals surface area (Å²) in [6, 6.07) is 5.50. The van der Waals surface area contributed by atoms with Gasteiger partial charge in [-0.2, -0.15) is 5.56 Å². The summed E-state index contributed by atoms with van der Waals surface area (Å²) in [5.41, 5.74) is 0.926. The molecule has 0 bridgehead atoms. The second-order valence-corrected chi connectivity index (χ2v) is 9.34. The van der Waals surface area contributed by atoms with Crippen LogP contribution in [0.3, 0.4) is 0 Å². The van der Waals surface area contributed by atoms with E-state index >= 15 is 0 Å². The fourth-order valence-electron chi connectivity index (χ4n) is 4.96. The van der Waals surface area contributed by atoms with Gasteiger partial charge >= 0.3 is 18.9 Å². The van der Waals surface area contributed by atoms with Gasteiger partial charge in [0.1, 0.15) is 0 Å². The molecule has 0 radical (unpaired) electrons. The van der Waals surface area contributed by atoms with E-state index in [-0.39, 0.29) is 24.6 Å². The maximum atomic E-state index is 13.4. The fourth-order valence-corrected chi connectivity index (χ4v) is 5.15. The first kappa shape index (κ1) is 27.9. The molecule has 3 rings (SSSR count). The fraction of sp³-hybridized carbons (Fsp3) is 0.652. The van der Waals surface area contributed by atoms with Gasteiger partial charge in [0.2, 0.25) is 0 Å². The first-order valence-corrected chi connectivity index (χ1v) is 12.0. The van der Waals surface area contributed by atoms with Crippen LogP contribution in [0.25, 0.3) is 0 Å². The Morgan fingerprint density at radius 3 is 2.29 bits per heavy atom. The molecule has 2 fully saturated rings. The number of aromatic hydroxyl groups is 1. The summed E-state index contributed by atoms with van der Waals surface area (Å²) >= 11 is 0. The first-order valence-electron chi connectivity index (χ1n) is 10.9. The Balaban J connectivity index is 0.000000523. The summed E-state index contributed by atoms with van der Waals surface area (Å²) in [6.45, 7) is 2.74. The van der Waals surface area contributed by atoms with Crippen LogP contribution in [-0.4, -0.2) is 11.0 Å². The monoisotopic (exact) mass is 445 g/mol. The number of hydrogen-bond acceptors (Lipinski definition) is 5. The number of phenols is 1. The molecule has 0 saturated heterocycles. The van der Waals surface area contributed by atoms with Crippen molar-refractivity contribution in [2.75, 3.05) is 0 Å². The number of phenolic OH excluding ortho intramolecular Hbond substituents is 1. The summed E-state index contributed by atoms with van der Waals surface area (Å²) in [6.07, 6.45) is 16.2. The van der Waals surface area contributed by atoms with Gasteiger partial charge < -0.3 is 30.0 Å². The van der Waals surface area contributed by atoms with Crippen molar-refractivity contribution in [1.29, 1.82) is 0 Å². The molecular weight excluding hydrogens is 412 g/mol. The molecule has 31 heavy (non-hydrogen) atoms. The van der Waals surface area contributed by atoms with Gasteiger partial charge in [-0.05, 0) is 30.6 Å². The number of amides is 1. The molecule has 2 atom stereocenters. The molecule has 2 N–H and O–H groups in total. The van der Waals surface area contributed by atoms with Gasteiger partial charge in [-0.15, -0.1) is 18.2 Å². The summed E-state index contributed by atoms with van der Waals surface area (Å²) in [5, 5.41) is 9.50. The van der Waals surface area contributed by atoms with E-state index in [1.165, 1.54) is 81.4 Å². The topological polar surface area (TPSA) is 83.5 Å². The number of carbonyl (C=O) groups excluding carboxylic acids is 1. The minimum Gasteiger partial charge on any atom is -0.534 e. The minimum atomic E-state index is -2.51. The van der Waals surface area contributed by atoms with E-state index in [2.05, 4.69) is 13.0 Å². The van der Waals surface area contributed by atoms with Crippen LogP contribution in [0, 0.1) is 36.6 Å². The van der Waals surface area contributed by atoms with Gasteiger partial charge in [0.05, 0.1) is 5.91 Å². The Morgan fingerprint density at radius 2 is 1.71 bits per heavy atom. The summed E-state index contributed by atoms with van der Waals surface area (Å²) in [4.78, 5) is 9.64. The number of benzene rings is 1. The van der Waals surface area contributed by atoms with Crippen LogP contribution in [0.1, 0.15) is 76.2 Å². The van der Waals surface area contributed by atoms with Gasteiger partial charge in [-0.3, -0.25) is 0 Å². The smallest absolute Gasteiger partial charge is 0.534 e. The number of carbonyl (C=O) groups is 1.